The molecule has 0 radical (unpaired) electrons. The van der Waals surface area contributed by atoms with Crippen molar-refractivity contribution in [2.24, 2.45) is 0 Å². The molecule has 0 fully saturated rings. The van der Waals surface area contributed by atoms with Crippen molar-refractivity contribution >= 4 is 68.0 Å². The van der Waals surface area contributed by atoms with Crippen LogP contribution in [0.3, 0.4) is 0 Å². The Morgan fingerprint density at radius 1 is 0.625 bits per heavy atom. The van der Waals surface area contributed by atoms with Crippen molar-refractivity contribution in [3.63, 3.8) is 0 Å². The van der Waals surface area contributed by atoms with Gasteiger partial charge in [-0.1, -0.05) is 52.9 Å². The van der Waals surface area contributed by atoms with Gasteiger partial charge in [-0.05, 0) is 71.8 Å². The molecule has 2 aliphatic heterocycles. The average Bonchev–Trinajstić information content (AvgIpc) is 3.58. The van der Waals surface area contributed by atoms with Crippen molar-refractivity contribution in [3.8, 4) is 0 Å². The number of fused-ring (bicyclic) bond motifs is 8. The predicted molar refractivity (Wildman–Crippen MR) is 141 cm³/mol. The van der Waals surface area contributed by atoms with Crippen LogP contribution in [0.4, 0.5) is 0 Å². The van der Waals surface area contributed by atoms with Crippen molar-refractivity contribution < 1.29 is 0 Å². The zero-order chi connectivity index (χ0) is 21.5. The summed E-state index contributed by atoms with van der Waals surface area (Å²) in [7, 11) is 0. The number of benzene rings is 1. The molecule has 0 atom stereocenters. The quantitative estimate of drug-likeness (QED) is 0.195. The van der Waals surface area contributed by atoms with Crippen LogP contribution in [-0.4, -0.2) is 24.4 Å². The second kappa shape index (κ2) is 7.91. The first-order chi connectivity index (χ1) is 15.7. The molecule has 0 saturated carbocycles. The molecule has 8 bridgehead atoms. The monoisotopic (exact) mass is 526 g/mol. The van der Waals surface area contributed by atoms with E-state index in [4.69, 9.17) is 9.97 Å². The van der Waals surface area contributed by atoms with Gasteiger partial charge >= 0.3 is 0 Å². The third kappa shape index (κ3) is 3.58. The van der Waals surface area contributed by atoms with Gasteiger partial charge in [-0.3, -0.25) is 0 Å². The minimum Gasteiger partial charge on any atom is -0.355 e. The van der Waals surface area contributed by atoms with Crippen LogP contribution in [0, 0.1) is 0 Å². The van der Waals surface area contributed by atoms with Gasteiger partial charge in [-0.25, -0.2) is 9.97 Å². The Labute approximate surface area is 198 Å². The van der Waals surface area contributed by atoms with Gasteiger partial charge in [0, 0.05) is 32.1 Å². The standard InChI is InChI=1S/C27H19IN4/c28-16-24-25-14-22-10-8-20(30-22)12-18-6-7-19(29-18)13-21-9-11-23(31-21)15-26(32-25)27(24)17-4-2-1-3-5-17/h1-15,29,31H,16H2. The SMILES string of the molecule is ICC1=C(c2ccccc2)c2cc3ccc(cc4ccc(cc5nc(cc1n2)C=C5)[nH]4)[nH]3. The summed E-state index contributed by atoms with van der Waals surface area (Å²) in [5.41, 5.74) is 11.5. The van der Waals surface area contributed by atoms with Crippen molar-refractivity contribution in [1.29, 1.82) is 0 Å². The highest BCUT2D eigenvalue weighted by Gasteiger charge is 2.20. The molecule has 0 spiro atoms. The van der Waals surface area contributed by atoms with Crippen LogP contribution in [0.15, 0.2) is 78.9 Å². The van der Waals surface area contributed by atoms with E-state index in [2.05, 4.69) is 105 Å². The molecule has 0 unspecified atom stereocenters. The lowest BCUT2D eigenvalue weighted by Gasteiger charge is -2.06. The molecular weight excluding hydrogens is 507 g/mol. The van der Waals surface area contributed by atoms with Gasteiger partial charge in [0.05, 0.1) is 22.8 Å². The van der Waals surface area contributed by atoms with Crippen LogP contribution >= 0.6 is 22.6 Å². The number of H-pyrrole nitrogens is 2. The Balaban J connectivity index is 1.70. The molecule has 2 aliphatic rings. The van der Waals surface area contributed by atoms with Crippen molar-refractivity contribution in [2.75, 3.05) is 4.43 Å². The van der Waals surface area contributed by atoms with Crippen molar-refractivity contribution in [1.82, 2.24) is 19.9 Å². The maximum absolute atomic E-state index is 5.06. The van der Waals surface area contributed by atoms with E-state index >= 15 is 0 Å². The van der Waals surface area contributed by atoms with Gasteiger partial charge in [-0.2, -0.15) is 0 Å². The number of rotatable bonds is 2. The summed E-state index contributed by atoms with van der Waals surface area (Å²) in [5.74, 6) is 0. The molecule has 4 nitrogen and oxygen atoms in total. The fourth-order valence-corrected chi connectivity index (χ4v) is 4.96. The molecule has 0 aliphatic carbocycles. The molecule has 5 heterocycles. The molecule has 0 amide bonds. The molecule has 1 aromatic carbocycles. The summed E-state index contributed by atoms with van der Waals surface area (Å²) in [6.45, 7) is 0. The first-order valence-electron chi connectivity index (χ1n) is 10.5. The van der Waals surface area contributed by atoms with Crippen LogP contribution in [0.1, 0.15) is 28.3 Å². The highest BCUT2D eigenvalue weighted by atomic mass is 127. The first-order valence-corrected chi connectivity index (χ1v) is 12.0. The van der Waals surface area contributed by atoms with E-state index in [1.165, 1.54) is 16.7 Å². The fraction of sp³-hybridized carbons (Fsp3) is 0.0370. The van der Waals surface area contributed by atoms with Crippen LogP contribution in [0.25, 0.3) is 45.4 Å². The Kier molecular flexibility index (Phi) is 4.76. The summed E-state index contributed by atoms with van der Waals surface area (Å²) in [5, 5.41) is 0. The lowest BCUT2D eigenvalue weighted by Crippen LogP contribution is -1.89. The van der Waals surface area contributed by atoms with Crippen molar-refractivity contribution in [3.05, 3.63) is 107 Å². The van der Waals surface area contributed by atoms with E-state index in [0.29, 0.717) is 0 Å². The summed E-state index contributed by atoms with van der Waals surface area (Å²) >= 11 is 2.43. The summed E-state index contributed by atoms with van der Waals surface area (Å²) in [6.07, 6.45) is 4.09. The molecule has 0 saturated heterocycles. The largest absolute Gasteiger partial charge is 0.355 e. The van der Waals surface area contributed by atoms with Gasteiger partial charge in [-0.15, -0.1) is 0 Å². The summed E-state index contributed by atoms with van der Waals surface area (Å²) in [4.78, 5) is 16.8. The molecule has 3 aromatic heterocycles. The Bertz CT molecular complexity index is 1550. The second-order valence-electron chi connectivity index (χ2n) is 7.85. The van der Waals surface area contributed by atoms with E-state index in [-0.39, 0.29) is 0 Å². The molecule has 4 aromatic rings. The van der Waals surface area contributed by atoms with E-state index in [1.807, 2.05) is 18.2 Å². The Morgan fingerprint density at radius 2 is 1.25 bits per heavy atom. The van der Waals surface area contributed by atoms with E-state index in [1.54, 1.807) is 0 Å². The van der Waals surface area contributed by atoms with Crippen molar-refractivity contribution in [2.45, 2.75) is 0 Å². The number of hydrogen-bond donors (Lipinski definition) is 2. The number of halogens is 1. The topological polar surface area (TPSA) is 57.4 Å². The van der Waals surface area contributed by atoms with Gasteiger partial charge in [0.15, 0.2) is 0 Å². The fourth-order valence-electron chi connectivity index (χ4n) is 4.19. The number of aromatic nitrogens is 4. The minimum absolute atomic E-state index is 0.864. The van der Waals surface area contributed by atoms with Gasteiger partial charge in [0.1, 0.15) is 0 Å². The molecule has 2 N–H and O–H groups in total. The third-order valence-corrected chi connectivity index (χ3v) is 6.40. The highest BCUT2D eigenvalue weighted by Crippen LogP contribution is 2.36. The molecule has 154 valence electrons. The van der Waals surface area contributed by atoms with Crippen LogP contribution in [0.2, 0.25) is 0 Å². The normalized spacial score (nSPS) is 13.0. The van der Waals surface area contributed by atoms with E-state index < -0.39 is 0 Å². The molecule has 5 heteroatoms. The first kappa shape index (κ1) is 19.3. The third-order valence-electron chi connectivity index (χ3n) is 5.64. The number of aromatic amines is 2. The van der Waals surface area contributed by atoms with E-state index in [0.717, 1.165) is 49.3 Å². The number of allylic oxidation sites excluding steroid dienone is 1. The second-order valence-corrected chi connectivity index (χ2v) is 8.61. The minimum atomic E-state index is 0.864. The zero-order valence-electron chi connectivity index (χ0n) is 17.1. The predicted octanol–water partition coefficient (Wildman–Crippen LogP) is 6.88. The summed E-state index contributed by atoms with van der Waals surface area (Å²) < 4.78 is 0.864. The number of hydrogen-bond acceptors (Lipinski definition) is 2. The number of nitrogens with zero attached hydrogens (tertiary/aromatic N) is 2. The van der Waals surface area contributed by atoms with E-state index in [9.17, 15) is 0 Å². The molecular formula is C27H19IN4. The lowest BCUT2D eigenvalue weighted by atomic mass is 9.98. The smallest absolute Gasteiger partial charge is 0.0739 e. The number of nitrogens with one attached hydrogen (secondary N) is 2. The van der Waals surface area contributed by atoms with Crippen LogP contribution in [0.5, 0.6) is 0 Å². The van der Waals surface area contributed by atoms with Gasteiger partial charge in [0.2, 0.25) is 0 Å². The molecule has 32 heavy (non-hydrogen) atoms. The van der Waals surface area contributed by atoms with Gasteiger partial charge < -0.3 is 9.97 Å². The zero-order valence-corrected chi connectivity index (χ0v) is 19.3. The van der Waals surface area contributed by atoms with Crippen LogP contribution in [-0.2, 0) is 0 Å². The van der Waals surface area contributed by atoms with Gasteiger partial charge in [0.25, 0.3) is 0 Å². The Hall–Kier alpha value is -3.45. The molecule has 6 rings (SSSR count). The lowest BCUT2D eigenvalue weighted by molar-refractivity contribution is 1.26. The summed E-state index contributed by atoms with van der Waals surface area (Å²) in [6, 6.07) is 27.3. The average molecular weight is 526 g/mol. The maximum atomic E-state index is 5.06. The Morgan fingerprint density at radius 3 is 1.94 bits per heavy atom. The van der Waals surface area contributed by atoms with Crippen LogP contribution < -0.4 is 0 Å². The number of alkyl halides is 1. The highest BCUT2D eigenvalue weighted by molar-refractivity contribution is 14.1. The maximum Gasteiger partial charge on any atom is 0.0739 e.